The maximum absolute atomic E-state index is 12.1. The number of hydrogen-bond acceptors (Lipinski definition) is 5. The number of hydrogen-bond donors (Lipinski definition) is 1. The highest BCUT2D eigenvalue weighted by molar-refractivity contribution is 7.99. The molecule has 1 aromatic carbocycles. The van der Waals surface area contributed by atoms with Crippen LogP contribution in [0.4, 0.5) is 0 Å². The summed E-state index contributed by atoms with van der Waals surface area (Å²) in [6.45, 7) is 6.88. The van der Waals surface area contributed by atoms with Crippen molar-refractivity contribution >= 4 is 17.7 Å². The van der Waals surface area contributed by atoms with Gasteiger partial charge in [0.15, 0.2) is 0 Å². The van der Waals surface area contributed by atoms with Crippen LogP contribution in [0.25, 0.3) is 0 Å². The molecule has 5 heteroatoms. The van der Waals surface area contributed by atoms with Gasteiger partial charge in [0.05, 0.1) is 13.7 Å². The number of likely N-dealkylation sites (N-methyl/N-ethyl adjacent to an activating group) is 1. The zero-order valence-corrected chi connectivity index (χ0v) is 14.1. The number of nitrogens with one attached hydrogen (secondary N) is 1. The summed E-state index contributed by atoms with van der Waals surface area (Å²) in [6, 6.07) is 7.94. The third-order valence-corrected chi connectivity index (χ3v) is 4.24. The van der Waals surface area contributed by atoms with E-state index in [0.717, 1.165) is 24.5 Å². The van der Waals surface area contributed by atoms with E-state index in [1.54, 1.807) is 18.9 Å². The zero-order chi connectivity index (χ0) is 15.7. The van der Waals surface area contributed by atoms with Crippen molar-refractivity contribution < 1.29 is 14.3 Å². The normalized spacial score (nSPS) is 13.5. The summed E-state index contributed by atoms with van der Waals surface area (Å²) in [5.74, 6) is 1.51. The standard InChI is InChI=1S/C16H25NO3S/c1-5-17-16(3,15(18)20-6-2)11-12-21-14-9-7-13(19-4)8-10-14/h7-10,17H,5-6,11-12H2,1-4H3. The third kappa shape index (κ3) is 5.59. The summed E-state index contributed by atoms with van der Waals surface area (Å²) in [5, 5.41) is 3.24. The van der Waals surface area contributed by atoms with Crippen LogP contribution in [0.2, 0.25) is 0 Å². The quantitative estimate of drug-likeness (QED) is 0.561. The van der Waals surface area contributed by atoms with E-state index in [-0.39, 0.29) is 5.97 Å². The van der Waals surface area contributed by atoms with Gasteiger partial charge in [-0.05, 0) is 51.1 Å². The van der Waals surface area contributed by atoms with E-state index in [0.29, 0.717) is 6.61 Å². The van der Waals surface area contributed by atoms with Gasteiger partial charge < -0.3 is 14.8 Å². The van der Waals surface area contributed by atoms with E-state index in [2.05, 4.69) is 5.32 Å². The van der Waals surface area contributed by atoms with Gasteiger partial charge in [0.2, 0.25) is 0 Å². The van der Waals surface area contributed by atoms with Crippen LogP contribution < -0.4 is 10.1 Å². The second-order valence-electron chi connectivity index (χ2n) is 4.86. The van der Waals surface area contributed by atoms with Crippen LogP contribution in [0.5, 0.6) is 5.75 Å². The van der Waals surface area contributed by atoms with Crippen molar-refractivity contribution in [2.45, 2.75) is 37.6 Å². The molecule has 21 heavy (non-hydrogen) atoms. The number of thioether (sulfide) groups is 1. The predicted octanol–water partition coefficient (Wildman–Crippen LogP) is 3.11. The fourth-order valence-electron chi connectivity index (χ4n) is 1.99. The molecule has 0 aromatic heterocycles. The number of rotatable bonds is 9. The first-order valence-electron chi connectivity index (χ1n) is 7.24. The Bertz CT molecular complexity index is 436. The summed E-state index contributed by atoms with van der Waals surface area (Å²) in [6.07, 6.45) is 0.719. The first-order chi connectivity index (χ1) is 10.1. The van der Waals surface area contributed by atoms with E-state index < -0.39 is 5.54 Å². The Hall–Kier alpha value is -1.20. The summed E-state index contributed by atoms with van der Waals surface area (Å²) in [7, 11) is 1.66. The predicted molar refractivity (Wildman–Crippen MR) is 87.0 cm³/mol. The first kappa shape index (κ1) is 17.9. The molecule has 0 amide bonds. The second-order valence-corrected chi connectivity index (χ2v) is 6.03. The van der Waals surface area contributed by atoms with E-state index >= 15 is 0 Å². The van der Waals surface area contributed by atoms with Gasteiger partial charge in [0, 0.05) is 10.6 Å². The third-order valence-electron chi connectivity index (χ3n) is 3.22. The number of ether oxygens (including phenoxy) is 2. The smallest absolute Gasteiger partial charge is 0.326 e. The van der Waals surface area contributed by atoms with Gasteiger partial charge >= 0.3 is 5.97 Å². The summed E-state index contributed by atoms with van der Waals surface area (Å²) in [4.78, 5) is 13.2. The Morgan fingerprint density at radius 3 is 2.48 bits per heavy atom. The fraction of sp³-hybridized carbons (Fsp3) is 0.562. The first-order valence-corrected chi connectivity index (χ1v) is 8.23. The zero-order valence-electron chi connectivity index (χ0n) is 13.3. The number of carbonyl (C=O) groups excluding carboxylic acids is 1. The van der Waals surface area contributed by atoms with Gasteiger partial charge in [-0.15, -0.1) is 11.8 Å². The van der Waals surface area contributed by atoms with Gasteiger partial charge in [0.25, 0.3) is 0 Å². The Morgan fingerprint density at radius 1 is 1.29 bits per heavy atom. The molecule has 0 spiro atoms. The van der Waals surface area contributed by atoms with Crippen molar-refractivity contribution in [3.8, 4) is 5.75 Å². The average Bonchev–Trinajstić information content (AvgIpc) is 2.48. The van der Waals surface area contributed by atoms with Crippen LogP contribution in [-0.4, -0.2) is 37.5 Å². The lowest BCUT2D eigenvalue weighted by Crippen LogP contribution is -2.50. The van der Waals surface area contributed by atoms with Gasteiger partial charge in [0.1, 0.15) is 11.3 Å². The molecule has 1 unspecified atom stereocenters. The average molecular weight is 311 g/mol. The van der Waals surface area contributed by atoms with Gasteiger partial charge in [-0.1, -0.05) is 6.92 Å². The van der Waals surface area contributed by atoms with Gasteiger partial charge in [-0.2, -0.15) is 0 Å². The molecule has 0 saturated carbocycles. The molecule has 0 radical (unpaired) electrons. The van der Waals surface area contributed by atoms with Crippen molar-refractivity contribution in [1.82, 2.24) is 5.32 Å². The molecule has 0 aliphatic heterocycles. The maximum Gasteiger partial charge on any atom is 0.326 e. The van der Waals surface area contributed by atoms with Crippen molar-refractivity contribution in [2.24, 2.45) is 0 Å². The van der Waals surface area contributed by atoms with E-state index in [9.17, 15) is 4.79 Å². The molecule has 1 aromatic rings. The highest BCUT2D eigenvalue weighted by atomic mass is 32.2. The van der Waals surface area contributed by atoms with E-state index in [1.807, 2.05) is 45.0 Å². The Balaban J connectivity index is 2.54. The topological polar surface area (TPSA) is 47.6 Å². The highest BCUT2D eigenvalue weighted by Gasteiger charge is 2.33. The SMILES string of the molecule is CCNC(C)(CCSc1ccc(OC)cc1)C(=O)OCC. The molecule has 0 saturated heterocycles. The number of esters is 1. The molecule has 4 nitrogen and oxygen atoms in total. The highest BCUT2D eigenvalue weighted by Crippen LogP contribution is 2.24. The minimum absolute atomic E-state index is 0.179. The van der Waals surface area contributed by atoms with E-state index in [1.165, 1.54) is 4.90 Å². The van der Waals surface area contributed by atoms with Crippen LogP contribution in [0.1, 0.15) is 27.2 Å². The monoisotopic (exact) mass is 311 g/mol. The molecule has 0 heterocycles. The summed E-state index contributed by atoms with van der Waals surface area (Å²) < 4.78 is 10.3. The van der Waals surface area contributed by atoms with E-state index in [4.69, 9.17) is 9.47 Å². The molecule has 0 aliphatic rings. The number of methoxy groups -OCH3 is 1. The minimum atomic E-state index is -0.621. The van der Waals surface area contributed by atoms with Crippen LogP contribution in [0, 0.1) is 0 Å². The van der Waals surface area contributed by atoms with Crippen LogP contribution in [0.3, 0.4) is 0 Å². The van der Waals surface area contributed by atoms with Crippen LogP contribution >= 0.6 is 11.8 Å². The number of benzene rings is 1. The molecular weight excluding hydrogens is 286 g/mol. The Morgan fingerprint density at radius 2 is 1.95 bits per heavy atom. The molecule has 1 rings (SSSR count). The number of carbonyl (C=O) groups is 1. The minimum Gasteiger partial charge on any atom is -0.497 e. The van der Waals surface area contributed by atoms with Gasteiger partial charge in [-0.25, -0.2) is 0 Å². The fourth-order valence-corrected chi connectivity index (χ4v) is 3.06. The van der Waals surface area contributed by atoms with Crippen LogP contribution in [-0.2, 0) is 9.53 Å². The Kier molecular flexibility index (Phi) is 7.61. The second kappa shape index (κ2) is 8.95. The summed E-state index contributed by atoms with van der Waals surface area (Å²) >= 11 is 1.72. The maximum atomic E-state index is 12.1. The van der Waals surface area contributed by atoms with Crippen LogP contribution in [0.15, 0.2) is 29.2 Å². The molecule has 0 fully saturated rings. The van der Waals surface area contributed by atoms with Crippen molar-refractivity contribution in [3.05, 3.63) is 24.3 Å². The molecule has 1 atom stereocenters. The van der Waals surface area contributed by atoms with Crippen molar-refractivity contribution in [3.63, 3.8) is 0 Å². The van der Waals surface area contributed by atoms with Gasteiger partial charge in [-0.3, -0.25) is 4.79 Å². The molecular formula is C16H25NO3S. The molecule has 0 bridgehead atoms. The summed E-state index contributed by atoms with van der Waals surface area (Å²) in [5.41, 5.74) is -0.621. The lowest BCUT2D eigenvalue weighted by atomic mass is 9.99. The lowest BCUT2D eigenvalue weighted by molar-refractivity contribution is -0.150. The largest absolute Gasteiger partial charge is 0.497 e. The molecule has 1 N–H and O–H groups in total. The molecule has 0 aliphatic carbocycles. The Labute approximate surface area is 131 Å². The van der Waals surface area contributed by atoms with Crippen molar-refractivity contribution in [1.29, 1.82) is 0 Å². The molecule has 118 valence electrons. The lowest BCUT2D eigenvalue weighted by Gasteiger charge is -2.27. The van der Waals surface area contributed by atoms with Crippen molar-refractivity contribution in [2.75, 3.05) is 26.0 Å².